The molecule has 106 valence electrons. The second-order valence-corrected chi connectivity index (χ2v) is 7.60. The van der Waals surface area contributed by atoms with Crippen LogP contribution < -0.4 is 10.5 Å². The second kappa shape index (κ2) is 6.26. The van der Waals surface area contributed by atoms with Gasteiger partial charge in [0.15, 0.2) is 0 Å². The average molecular weight is 420 g/mol. The van der Waals surface area contributed by atoms with Crippen LogP contribution >= 0.6 is 31.9 Å². The maximum absolute atomic E-state index is 12.3. The lowest BCUT2D eigenvalue weighted by Crippen LogP contribution is -2.24. The number of hydrogen-bond acceptors (Lipinski definition) is 3. The van der Waals surface area contributed by atoms with E-state index in [0.29, 0.717) is 4.47 Å². The molecule has 7 heteroatoms. The Morgan fingerprint density at radius 1 is 1.10 bits per heavy atom. The van der Waals surface area contributed by atoms with Crippen LogP contribution in [0.25, 0.3) is 0 Å². The van der Waals surface area contributed by atoms with Crippen molar-refractivity contribution in [2.24, 2.45) is 0 Å². The Balaban J connectivity index is 2.24. The summed E-state index contributed by atoms with van der Waals surface area (Å²) in [5.74, 6) is 0. The first-order chi connectivity index (χ1) is 9.40. The number of hydrogen-bond donors (Lipinski definition) is 2. The van der Waals surface area contributed by atoms with Gasteiger partial charge in [-0.3, -0.25) is 0 Å². The lowest BCUT2D eigenvalue weighted by Gasteiger charge is -2.10. The molecule has 0 aliphatic rings. The summed E-state index contributed by atoms with van der Waals surface area (Å²) in [7, 11) is -3.65. The van der Waals surface area contributed by atoms with E-state index in [1.54, 1.807) is 12.1 Å². The first-order valence-corrected chi connectivity index (χ1v) is 8.75. The van der Waals surface area contributed by atoms with Crippen LogP contribution in [0.2, 0.25) is 0 Å². The van der Waals surface area contributed by atoms with Crippen molar-refractivity contribution in [2.75, 3.05) is 5.73 Å². The molecule has 0 saturated heterocycles. The monoisotopic (exact) mass is 418 g/mol. The Hall–Kier alpha value is -0.890. The van der Waals surface area contributed by atoms with E-state index >= 15 is 0 Å². The Morgan fingerprint density at radius 3 is 2.50 bits per heavy atom. The molecule has 0 amide bonds. The molecule has 0 atom stereocenters. The molecule has 0 radical (unpaired) electrons. The van der Waals surface area contributed by atoms with Gasteiger partial charge in [0.2, 0.25) is 10.0 Å². The van der Waals surface area contributed by atoms with Gasteiger partial charge in [-0.05, 0) is 29.8 Å². The second-order valence-electron chi connectivity index (χ2n) is 4.10. The molecule has 2 aromatic carbocycles. The minimum absolute atomic E-state index is 0.0685. The molecular weight excluding hydrogens is 408 g/mol. The number of rotatable bonds is 4. The van der Waals surface area contributed by atoms with E-state index in [9.17, 15) is 8.42 Å². The standard InChI is InChI=1S/C13H12Br2N2O2S/c14-10-5-6-12(16)13(7-10)20(18,19)17-8-9-3-1-2-4-11(9)15/h1-7,17H,8,16H2. The zero-order valence-corrected chi connectivity index (χ0v) is 14.3. The van der Waals surface area contributed by atoms with Crippen LogP contribution in [0.4, 0.5) is 5.69 Å². The van der Waals surface area contributed by atoms with Crippen molar-refractivity contribution in [3.8, 4) is 0 Å². The van der Waals surface area contributed by atoms with E-state index in [-0.39, 0.29) is 17.1 Å². The van der Waals surface area contributed by atoms with Crippen LogP contribution in [0.3, 0.4) is 0 Å². The van der Waals surface area contributed by atoms with Gasteiger partial charge in [0.1, 0.15) is 4.90 Å². The maximum Gasteiger partial charge on any atom is 0.242 e. The number of nitrogens with one attached hydrogen (secondary N) is 1. The fourth-order valence-electron chi connectivity index (χ4n) is 1.63. The smallest absolute Gasteiger partial charge is 0.242 e. The summed E-state index contributed by atoms with van der Waals surface area (Å²) >= 11 is 6.62. The van der Waals surface area contributed by atoms with Gasteiger partial charge >= 0.3 is 0 Å². The summed E-state index contributed by atoms with van der Waals surface area (Å²) in [5, 5.41) is 0. The van der Waals surface area contributed by atoms with Crippen molar-refractivity contribution in [3.05, 3.63) is 57.0 Å². The summed E-state index contributed by atoms with van der Waals surface area (Å²) < 4.78 is 28.6. The molecule has 0 fully saturated rings. The molecule has 2 rings (SSSR count). The summed E-state index contributed by atoms with van der Waals surface area (Å²) in [6.07, 6.45) is 0. The van der Waals surface area contributed by atoms with Gasteiger partial charge in [-0.15, -0.1) is 0 Å². The van der Waals surface area contributed by atoms with E-state index in [2.05, 4.69) is 36.6 Å². The first-order valence-electron chi connectivity index (χ1n) is 5.68. The minimum Gasteiger partial charge on any atom is -0.398 e. The van der Waals surface area contributed by atoms with E-state index in [0.717, 1.165) is 10.0 Å². The number of halogens is 2. The number of nitrogen functional groups attached to an aromatic ring is 1. The molecule has 0 bridgehead atoms. The highest BCUT2D eigenvalue weighted by Gasteiger charge is 2.17. The fourth-order valence-corrected chi connectivity index (χ4v) is 3.73. The number of nitrogens with two attached hydrogens (primary N) is 1. The third-order valence-corrected chi connectivity index (χ3v) is 5.40. The molecule has 4 nitrogen and oxygen atoms in total. The van der Waals surface area contributed by atoms with E-state index in [1.807, 2.05) is 24.3 Å². The highest BCUT2D eigenvalue weighted by Crippen LogP contribution is 2.23. The summed E-state index contributed by atoms with van der Waals surface area (Å²) in [6, 6.07) is 12.2. The van der Waals surface area contributed by atoms with Crippen molar-refractivity contribution < 1.29 is 8.42 Å². The van der Waals surface area contributed by atoms with Gasteiger partial charge in [-0.25, -0.2) is 13.1 Å². The van der Waals surface area contributed by atoms with Crippen LogP contribution in [-0.4, -0.2) is 8.42 Å². The molecular formula is C13H12Br2N2O2S. The molecule has 0 aromatic heterocycles. The van der Waals surface area contributed by atoms with Gasteiger partial charge in [0.25, 0.3) is 0 Å². The molecule has 0 heterocycles. The largest absolute Gasteiger partial charge is 0.398 e. The van der Waals surface area contributed by atoms with Crippen LogP contribution in [0.15, 0.2) is 56.3 Å². The van der Waals surface area contributed by atoms with Crippen molar-refractivity contribution in [1.82, 2.24) is 4.72 Å². The van der Waals surface area contributed by atoms with Gasteiger partial charge in [0, 0.05) is 15.5 Å². The van der Waals surface area contributed by atoms with Gasteiger partial charge in [-0.1, -0.05) is 50.1 Å². The summed E-state index contributed by atoms with van der Waals surface area (Å²) in [6.45, 7) is 0.190. The minimum atomic E-state index is -3.65. The quantitative estimate of drug-likeness (QED) is 0.747. The lowest BCUT2D eigenvalue weighted by atomic mass is 10.2. The predicted molar refractivity (Wildman–Crippen MR) is 86.7 cm³/mol. The fraction of sp³-hybridized carbons (Fsp3) is 0.0769. The third-order valence-electron chi connectivity index (χ3n) is 2.68. The van der Waals surface area contributed by atoms with Crippen molar-refractivity contribution in [3.63, 3.8) is 0 Å². The maximum atomic E-state index is 12.3. The van der Waals surface area contributed by atoms with Gasteiger partial charge < -0.3 is 5.73 Å². The summed E-state index contributed by atoms with van der Waals surface area (Å²) in [4.78, 5) is 0.0685. The molecule has 0 unspecified atom stereocenters. The molecule has 0 aliphatic heterocycles. The van der Waals surface area contributed by atoms with Crippen molar-refractivity contribution >= 4 is 47.6 Å². The summed E-state index contributed by atoms with van der Waals surface area (Å²) in [5.41, 5.74) is 6.79. The normalized spacial score (nSPS) is 11.5. The van der Waals surface area contributed by atoms with Crippen LogP contribution in [0, 0.1) is 0 Å². The van der Waals surface area contributed by atoms with Gasteiger partial charge in [0.05, 0.1) is 5.69 Å². The molecule has 0 saturated carbocycles. The van der Waals surface area contributed by atoms with Crippen LogP contribution in [0.5, 0.6) is 0 Å². The highest BCUT2D eigenvalue weighted by molar-refractivity contribution is 9.10. The number of benzene rings is 2. The van der Waals surface area contributed by atoms with Crippen molar-refractivity contribution in [1.29, 1.82) is 0 Å². The predicted octanol–water partition coefficient (Wildman–Crippen LogP) is 3.27. The number of anilines is 1. The van der Waals surface area contributed by atoms with Crippen LogP contribution in [0.1, 0.15) is 5.56 Å². The molecule has 20 heavy (non-hydrogen) atoms. The molecule has 0 aliphatic carbocycles. The Kier molecular flexibility index (Phi) is 4.85. The topological polar surface area (TPSA) is 72.2 Å². The average Bonchev–Trinajstić information content (AvgIpc) is 2.40. The molecule has 0 spiro atoms. The Labute approximate surface area is 134 Å². The van der Waals surface area contributed by atoms with E-state index < -0.39 is 10.0 Å². The molecule has 3 N–H and O–H groups in total. The molecule has 2 aromatic rings. The van der Waals surface area contributed by atoms with E-state index in [4.69, 9.17) is 5.73 Å². The Morgan fingerprint density at radius 2 is 1.80 bits per heavy atom. The highest BCUT2D eigenvalue weighted by atomic mass is 79.9. The van der Waals surface area contributed by atoms with Crippen LogP contribution in [-0.2, 0) is 16.6 Å². The SMILES string of the molecule is Nc1ccc(Br)cc1S(=O)(=O)NCc1ccccc1Br. The zero-order valence-electron chi connectivity index (χ0n) is 10.3. The van der Waals surface area contributed by atoms with Crippen molar-refractivity contribution in [2.45, 2.75) is 11.4 Å². The van der Waals surface area contributed by atoms with E-state index in [1.165, 1.54) is 6.07 Å². The lowest BCUT2D eigenvalue weighted by molar-refractivity contribution is 0.581. The first kappa shape index (κ1) is 15.5. The zero-order chi connectivity index (χ0) is 14.8. The third kappa shape index (κ3) is 3.60. The number of sulfonamides is 1. The Bertz CT molecular complexity index is 733. The van der Waals surface area contributed by atoms with Gasteiger partial charge in [-0.2, -0.15) is 0 Å².